The van der Waals surface area contributed by atoms with E-state index in [2.05, 4.69) is 0 Å². The van der Waals surface area contributed by atoms with E-state index in [0.29, 0.717) is 23.1 Å². The van der Waals surface area contributed by atoms with Crippen LogP contribution in [0.15, 0.2) is 66.0 Å². The van der Waals surface area contributed by atoms with Crippen LogP contribution in [0.3, 0.4) is 0 Å². The zero-order valence-electron chi connectivity index (χ0n) is 15.5. The minimum Gasteiger partial charge on any atom is -0.508 e. The molecule has 2 N–H and O–H groups in total. The first kappa shape index (κ1) is 19.1. The molecule has 0 aliphatic heterocycles. The molecule has 4 nitrogen and oxygen atoms in total. The molecule has 4 rings (SSSR count). The van der Waals surface area contributed by atoms with Gasteiger partial charge in [0, 0.05) is 27.0 Å². The van der Waals surface area contributed by atoms with Crippen molar-refractivity contribution in [1.29, 1.82) is 0 Å². The van der Waals surface area contributed by atoms with Crippen molar-refractivity contribution in [2.75, 3.05) is 0 Å². The van der Waals surface area contributed by atoms with Gasteiger partial charge in [-0.1, -0.05) is 36.4 Å². The van der Waals surface area contributed by atoms with Gasteiger partial charge in [-0.25, -0.2) is 0 Å². The first-order chi connectivity index (χ1) is 13.9. The lowest BCUT2D eigenvalue weighted by atomic mass is 10.1. The third-order valence-electron chi connectivity index (χ3n) is 4.83. The van der Waals surface area contributed by atoms with Crippen molar-refractivity contribution in [3.05, 3.63) is 87.7 Å². The molecule has 2 heterocycles. The molecule has 0 aliphatic carbocycles. The topological polar surface area (TPSA) is 54.3 Å². The number of benzene rings is 2. The number of fused-ring (bicyclic) bond motifs is 1. The van der Waals surface area contributed by atoms with Crippen molar-refractivity contribution in [2.45, 2.75) is 19.5 Å². The quantitative estimate of drug-likeness (QED) is 0.440. The number of halogens is 2. The molecule has 7 heteroatoms. The van der Waals surface area contributed by atoms with Crippen molar-refractivity contribution in [1.82, 2.24) is 9.88 Å². The van der Waals surface area contributed by atoms with E-state index < -0.39 is 12.0 Å². The SMILES string of the molecule is Cc1c(C(=O)NC(F)(F)c2ccccc2)c2cc(O)ccc2n1Cc1cccs1. The Balaban J connectivity index is 1.77. The van der Waals surface area contributed by atoms with Crippen molar-refractivity contribution < 1.29 is 18.7 Å². The van der Waals surface area contributed by atoms with Gasteiger partial charge in [-0.15, -0.1) is 11.3 Å². The van der Waals surface area contributed by atoms with Gasteiger partial charge in [0.05, 0.1) is 12.1 Å². The lowest BCUT2D eigenvalue weighted by molar-refractivity contribution is -0.0333. The Morgan fingerprint density at radius 1 is 1.14 bits per heavy atom. The number of aromatic nitrogens is 1. The van der Waals surface area contributed by atoms with Crippen LogP contribution in [0, 0.1) is 6.92 Å². The lowest BCUT2D eigenvalue weighted by Crippen LogP contribution is -2.39. The lowest BCUT2D eigenvalue weighted by Gasteiger charge is -2.18. The Bertz CT molecular complexity index is 1170. The van der Waals surface area contributed by atoms with Gasteiger partial charge in [0.15, 0.2) is 0 Å². The van der Waals surface area contributed by atoms with Crippen molar-refractivity contribution in [3.63, 3.8) is 0 Å². The number of aromatic hydroxyl groups is 1. The molecule has 2 aromatic heterocycles. The van der Waals surface area contributed by atoms with Gasteiger partial charge in [0.25, 0.3) is 5.91 Å². The van der Waals surface area contributed by atoms with E-state index in [1.807, 2.05) is 27.4 Å². The number of carbonyl (C=O) groups excluding carboxylic acids is 1. The van der Waals surface area contributed by atoms with E-state index in [0.717, 1.165) is 4.88 Å². The summed E-state index contributed by atoms with van der Waals surface area (Å²) in [6.07, 6.45) is 0. The molecule has 4 aromatic rings. The van der Waals surface area contributed by atoms with Gasteiger partial charge < -0.3 is 9.67 Å². The van der Waals surface area contributed by atoms with Gasteiger partial charge >= 0.3 is 6.05 Å². The Morgan fingerprint density at radius 3 is 2.59 bits per heavy atom. The van der Waals surface area contributed by atoms with Crippen LogP contribution < -0.4 is 5.32 Å². The monoisotopic (exact) mass is 412 g/mol. The highest BCUT2D eigenvalue weighted by atomic mass is 32.1. The zero-order valence-corrected chi connectivity index (χ0v) is 16.3. The molecule has 0 atom stereocenters. The van der Waals surface area contributed by atoms with Crippen LogP contribution in [-0.4, -0.2) is 15.6 Å². The molecule has 148 valence electrons. The summed E-state index contributed by atoms with van der Waals surface area (Å²) in [4.78, 5) is 14.0. The van der Waals surface area contributed by atoms with Gasteiger partial charge in [-0.3, -0.25) is 10.1 Å². The molecule has 1 amide bonds. The van der Waals surface area contributed by atoms with Crippen LogP contribution in [0.2, 0.25) is 0 Å². The summed E-state index contributed by atoms with van der Waals surface area (Å²) >= 11 is 1.57. The number of phenolic OH excluding ortho intramolecular Hbond substituents is 1. The molecule has 0 aliphatic rings. The van der Waals surface area contributed by atoms with E-state index in [9.17, 15) is 18.7 Å². The summed E-state index contributed by atoms with van der Waals surface area (Å²) in [7, 11) is 0. The van der Waals surface area contributed by atoms with E-state index in [1.54, 1.807) is 30.4 Å². The molecule has 29 heavy (non-hydrogen) atoms. The molecule has 0 radical (unpaired) electrons. The van der Waals surface area contributed by atoms with Crippen molar-refractivity contribution in [2.24, 2.45) is 0 Å². The average molecular weight is 412 g/mol. The van der Waals surface area contributed by atoms with Gasteiger partial charge in [-0.05, 0) is 36.6 Å². The molecule has 0 spiro atoms. The third kappa shape index (κ3) is 3.61. The first-order valence-electron chi connectivity index (χ1n) is 8.97. The number of hydrogen-bond acceptors (Lipinski definition) is 3. The number of amides is 1. The number of nitrogens with zero attached hydrogens (tertiary/aromatic N) is 1. The van der Waals surface area contributed by atoms with Crippen LogP contribution in [0.4, 0.5) is 8.78 Å². The summed E-state index contributed by atoms with van der Waals surface area (Å²) in [6.45, 7) is 2.23. The van der Waals surface area contributed by atoms with E-state index in [1.165, 1.54) is 36.4 Å². The molecule has 0 fully saturated rings. The maximum Gasteiger partial charge on any atom is 0.352 e. The molecule has 2 aromatic carbocycles. The number of phenols is 1. The fraction of sp³-hybridized carbons (Fsp3) is 0.136. The normalized spacial score (nSPS) is 11.7. The third-order valence-corrected chi connectivity index (χ3v) is 5.70. The maximum atomic E-state index is 14.6. The minimum atomic E-state index is -3.52. The van der Waals surface area contributed by atoms with E-state index in [-0.39, 0.29) is 16.9 Å². The summed E-state index contributed by atoms with van der Waals surface area (Å²) in [6, 6.07) is 12.2. The fourth-order valence-electron chi connectivity index (χ4n) is 3.44. The Kier molecular flexibility index (Phi) is 4.84. The standard InChI is InChI=1S/C22H18F2N2O2S/c1-14-20(21(28)25-22(23,24)15-6-3-2-4-7-15)18-12-16(27)9-10-19(18)26(14)13-17-8-5-11-29-17/h2-12,27H,13H2,1H3,(H,25,28). The Labute approximate surface area is 170 Å². The second-order valence-electron chi connectivity index (χ2n) is 6.72. The number of alkyl halides is 2. The highest BCUT2D eigenvalue weighted by Gasteiger charge is 2.35. The second kappa shape index (κ2) is 7.33. The predicted octanol–water partition coefficient (Wildman–Crippen LogP) is 5.24. The number of rotatable bonds is 5. The Morgan fingerprint density at radius 2 is 1.90 bits per heavy atom. The molecule has 0 saturated carbocycles. The maximum absolute atomic E-state index is 14.6. The van der Waals surface area contributed by atoms with Crippen LogP contribution in [0.25, 0.3) is 10.9 Å². The number of carbonyl (C=O) groups is 1. The van der Waals surface area contributed by atoms with E-state index >= 15 is 0 Å². The van der Waals surface area contributed by atoms with Gasteiger partial charge in [-0.2, -0.15) is 8.78 Å². The minimum absolute atomic E-state index is 0.0327. The number of nitrogens with one attached hydrogen (secondary N) is 1. The van der Waals surface area contributed by atoms with Gasteiger partial charge in [0.1, 0.15) is 5.75 Å². The van der Waals surface area contributed by atoms with E-state index in [4.69, 9.17) is 0 Å². The molecular formula is C22H18F2N2O2S. The van der Waals surface area contributed by atoms with Crippen LogP contribution in [0.5, 0.6) is 5.75 Å². The smallest absolute Gasteiger partial charge is 0.352 e. The first-order valence-corrected chi connectivity index (χ1v) is 9.85. The highest BCUT2D eigenvalue weighted by molar-refractivity contribution is 7.09. The summed E-state index contributed by atoms with van der Waals surface area (Å²) < 4.78 is 31.2. The highest BCUT2D eigenvalue weighted by Crippen LogP contribution is 2.32. The summed E-state index contributed by atoms with van der Waals surface area (Å²) in [5, 5.41) is 14.2. The number of thiophene rings is 1. The molecule has 0 saturated heterocycles. The second-order valence-corrected chi connectivity index (χ2v) is 7.75. The largest absolute Gasteiger partial charge is 0.508 e. The Hall–Kier alpha value is -3.19. The zero-order chi connectivity index (χ0) is 20.6. The van der Waals surface area contributed by atoms with Gasteiger partial charge in [0.2, 0.25) is 0 Å². The fourth-order valence-corrected chi connectivity index (χ4v) is 4.14. The predicted molar refractivity (Wildman–Crippen MR) is 110 cm³/mol. The van der Waals surface area contributed by atoms with Crippen LogP contribution in [0.1, 0.15) is 26.5 Å². The molecular weight excluding hydrogens is 394 g/mol. The number of hydrogen-bond donors (Lipinski definition) is 2. The average Bonchev–Trinajstić information content (AvgIpc) is 3.29. The molecule has 0 unspecified atom stereocenters. The molecule has 0 bridgehead atoms. The van der Waals surface area contributed by atoms with Crippen molar-refractivity contribution in [3.8, 4) is 5.75 Å². The summed E-state index contributed by atoms with van der Waals surface area (Å²) in [5.74, 6) is -0.925. The summed E-state index contributed by atoms with van der Waals surface area (Å²) in [5.41, 5.74) is 1.08. The van der Waals surface area contributed by atoms with Crippen molar-refractivity contribution >= 4 is 28.1 Å². The van der Waals surface area contributed by atoms with Crippen LogP contribution in [-0.2, 0) is 12.6 Å². The van der Waals surface area contributed by atoms with Crippen LogP contribution >= 0.6 is 11.3 Å².